The Balaban J connectivity index is 2.48. The Hall–Kier alpha value is -0.560. The fourth-order valence-corrected chi connectivity index (χ4v) is 1.80. The molecule has 12 heavy (non-hydrogen) atoms. The SMILES string of the molecule is Ic1cccc(-c2nncs2)n1. The number of pyridine rings is 1. The highest BCUT2D eigenvalue weighted by atomic mass is 127. The number of nitrogens with zero attached hydrogens (tertiary/aromatic N) is 3. The molecule has 0 aromatic carbocycles. The lowest BCUT2D eigenvalue weighted by Crippen LogP contribution is -1.84. The summed E-state index contributed by atoms with van der Waals surface area (Å²) in [5.74, 6) is 0. The van der Waals surface area contributed by atoms with Crippen molar-refractivity contribution >= 4 is 33.9 Å². The van der Waals surface area contributed by atoms with Crippen molar-refractivity contribution in [2.75, 3.05) is 0 Å². The Bertz CT molecular complexity index is 374. The van der Waals surface area contributed by atoms with Crippen LogP contribution in [0.25, 0.3) is 10.7 Å². The van der Waals surface area contributed by atoms with Crippen LogP contribution in [0.4, 0.5) is 0 Å². The first-order valence-electron chi connectivity index (χ1n) is 3.25. The van der Waals surface area contributed by atoms with Gasteiger partial charge in [-0.05, 0) is 34.7 Å². The molecule has 0 saturated carbocycles. The van der Waals surface area contributed by atoms with Gasteiger partial charge in [-0.2, -0.15) is 0 Å². The highest BCUT2D eigenvalue weighted by Crippen LogP contribution is 2.18. The highest BCUT2D eigenvalue weighted by molar-refractivity contribution is 14.1. The lowest BCUT2D eigenvalue weighted by Gasteiger charge is -1.93. The third-order valence-corrected chi connectivity index (χ3v) is 2.61. The summed E-state index contributed by atoms with van der Waals surface area (Å²) >= 11 is 3.67. The molecule has 2 aromatic rings. The van der Waals surface area contributed by atoms with Crippen LogP contribution >= 0.6 is 33.9 Å². The molecule has 0 aliphatic rings. The molecule has 0 amide bonds. The van der Waals surface area contributed by atoms with Gasteiger partial charge in [-0.15, -0.1) is 10.2 Å². The molecule has 0 aliphatic heterocycles. The normalized spacial score (nSPS) is 10.1. The fraction of sp³-hybridized carbons (Fsp3) is 0. The van der Waals surface area contributed by atoms with Crippen molar-refractivity contribution in [3.63, 3.8) is 0 Å². The maximum absolute atomic E-state index is 4.31. The van der Waals surface area contributed by atoms with Crippen molar-refractivity contribution in [3.05, 3.63) is 27.4 Å². The van der Waals surface area contributed by atoms with Crippen LogP contribution in [0.1, 0.15) is 0 Å². The summed E-state index contributed by atoms with van der Waals surface area (Å²) in [6.45, 7) is 0. The molecule has 0 fully saturated rings. The third kappa shape index (κ3) is 1.61. The lowest BCUT2D eigenvalue weighted by atomic mass is 10.4. The van der Waals surface area contributed by atoms with Crippen LogP contribution in [-0.4, -0.2) is 15.2 Å². The van der Waals surface area contributed by atoms with Crippen molar-refractivity contribution in [2.45, 2.75) is 0 Å². The maximum atomic E-state index is 4.31. The quantitative estimate of drug-likeness (QED) is 0.597. The van der Waals surface area contributed by atoms with Gasteiger partial charge in [0.25, 0.3) is 0 Å². The van der Waals surface area contributed by atoms with Gasteiger partial charge in [-0.25, -0.2) is 4.98 Å². The topological polar surface area (TPSA) is 38.7 Å². The highest BCUT2D eigenvalue weighted by Gasteiger charge is 2.01. The second-order valence-corrected chi connectivity index (χ2v) is 4.03. The van der Waals surface area contributed by atoms with Gasteiger partial charge in [0.05, 0.1) is 0 Å². The molecule has 0 atom stereocenters. The first kappa shape index (κ1) is 8.06. The maximum Gasteiger partial charge on any atom is 0.166 e. The molecule has 0 radical (unpaired) electrons. The zero-order valence-electron chi connectivity index (χ0n) is 5.94. The Morgan fingerprint density at radius 3 is 2.92 bits per heavy atom. The van der Waals surface area contributed by atoms with E-state index in [0.29, 0.717) is 0 Å². The van der Waals surface area contributed by atoms with Gasteiger partial charge < -0.3 is 0 Å². The predicted octanol–water partition coefficient (Wildman–Crippen LogP) is 2.20. The Kier molecular flexibility index (Phi) is 2.31. The summed E-state index contributed by atoms with van der Waals surface area (Å²) in [6.07, 6.45) is 0. The Morgan fingerprint density at radius 1 is 1.33 bits per heavy atom. The summed E-state index contributed by atoms with van der Waals surface area (Å²) in [5, 5.41) is 8.55. The van der Waals surface area contributed by atoms with Crippen LogP contribution in [0.15, 0.2) is 23.7 Å². The predicted molar refractivity (Wildman–Crippen MR) is 55.9 cm³/mol. The van der Waals surface area contributed by atoms with E-state index in [9.17, 15) is 0 Å². The molecule has 0 unspecified atom stereocenters. The minimum absolute atomic E-state index is 0.869. The summed E-state index contributed by atoms with van der Waals surface area (Å²) < 4.78 is 0.973. The van der Waals surface area contributed by atoms with E-state index in [-0.39, 0.29) is 0 Å². The van der Waals surface area contributed by atoms with Crippen LogP contribution in [0.3, 0.4) is 0 Å². The average molecular weight is 289 g/mol. The minimum atomic E-state index is 0.869. The first-order chi connectivity index (χ1) is 5.86. The largest absolute Gasteiger partial charge is 0.239 e. The van der Waals surface area contributed by atoms with Crippen molar-refractivity contribution in [1.29, 1.82) is 0 Å². The molecule has 2 aromatic heterocycles. The van der Waals surface area contributed by atoms with Crippen molar-refractivity contribution in [3.8, 4) is 10.7 Å². The molecule has 0 aliphatic carbocycles. The van der Waals surface area contributed by atoms with Crippen molar-refractivity contribution in [1.82, 2.24) is 15.2 Å². The molecule has 3 nitrogen and oxygen atoms in total. The van der Waals surface area contributed by atoms with E-state index in [0.717, 1.165) is 14.4 Å². The molecule has 2 rings (SSSR count). The van der Waals surface area contributed by atoms with E-state index in [1.54, 1.807) is 5.51 Å². The van der Waals surface area contributed by atoms with Gasteiger partial charge in [0.15, 0.2) is 5.01 Å². The molecule has 0 bridgehead atoms. The molecular formula is C7H4IN3S. The van der Waals surface area contributed by atoms with E-state index in [1.807, 2.05) is 18.2 Å². The summed E-state index contributed by atoms with van der Waals surface area (Å²) in [7, 11) is 0. The molecule has 0 saturated heterocycles. The number of hydrogen-bond donors (Lipinski definition) is 0. The first-order valence-corrected chi connectivity index (χ1v) is 5.21. The van der Waals surface area contributed by atoms with E-state index in [2.05, 4.69) is 37.8 Å². The van der Waals surface area contributed by atoms with E-state index in [4.69, 9.17) is 0 Å². The fourth-order valence-electron chi connectivity index (χ4n) is 0.812. The van der Waals surface area contributed by atoms with Crippen LogP contribution in [0, 0.1) is 3.70 Å². The van der Waals surface area contributed by atoms with Gasteiger partial charge in [-0.3, -0.25) is 0 Å². The molecular weight excluding hydrogens is 285 g/mol. The van der Waals surface area contributed by atoms with Gasteiger partial charge in [-0.1, -0.05) is 17.4 Å². The van der Waals surface area contributed by atoms with Crippen molar-refractivity contribution < 1.29 is 0 Å². The van der Waals surface area contributed by atoms with Crippen LogP contribution < -0.4 is 0 Å². The second kappa shape index (κ2) is 3.44. The van der Waals surface area contributed by atoms with Gasteiger partial charge in [0.2, 0.25) is 0 Å². The monoisotopic (exact) mass is 289 g/mol. The smallest absolute Gasteiger partial charge is 0.166 e. The second-order valence-electron chi connectivity index (χ2n) is 2.09. The summed E-state index contributed by atoms with van der Waals surface area (Å²) in [4.78, 5) is 4.31. The number of halogens is 1. The minimum Gasteiger partial charge on any atom is -0.239 e. The molecule has 5 heteroatoms. The Morgan fingerprint density at radius 2 is 2.25 bits per heavy atom. The zero-order chi connectivity index (χ0) is 8.39. The van der Waals surface area contributed by atoms with E-state index >= 15 is 0 Å². The number of hydrogen-bond acceptors (Lipinski definition) is 4. The molecule has 0 spiro atoms. The van der Waals surface area contributed by atoms with E-state index in [1.165, 1.54) is 11.3 Å². The number of aromatic nitrogens is 3. The zero-order valence-corrected chi connectivity index (χ0v) is 8.91. The van der Waals surface area contributed by atoms with Crippen LogP contribution in [0.5, 0.6) is 0 Å². The molecule has 2 heterocycles. The van der Waals surface area contributed by atoms with Gasteiger partial charge in [0.1, 0.15) is 14.9 Å². The lowest BCUT2D eigenvalue weighted by molar-refractivity contribution is 1.08. The standard InChI is InChI=1S/C7H4IN3S/c8-6-3-1-2-5(10-6)7-11-9-4-12-7/h1-4H. The number of rotatable bonds is 1. The van der Waals surface area contributed by atoms with Crippen LogP contribution in [0.2, 0.25) is 0 Å². The molecule has 60 valence electrons. The van der Waals surface area contributed by atoms with Crippen molar-refractivity contribution in [2.24, 2.45) is 0 Å². The Labute approximate surface area is 87.0 Å². The third-order valence-electron chi connectivity index (χ3n) is 1.29. The molecule has 0 N–H and O–H groups in total. The van der Waals surface area contributed by atoms with E-state index < -0.39 is 0 Å². The summed E-state index contributed by atoms with van der Waals surface area (Å²) in [6, 6.07) is 5.85. The average Bonchev–Trinajstić information content (AvgIpc) is 2.56. The van der Waals surface area contributed by atoms with Crippen LogP contribution in [-0.2, 0) is 0 Å². The van der Waals surface area contributed by atoms with Gasteiger partial charge in [0, 0.05) is 0 Å². The summed E-state index contributed by atoms with van der Waals surface area (Å²) in [5.41, 5.74) is 2.60. The van der Waals surface area contributed by atoms with Gasteiger partial charge >= 0.3 is 0 Å².